The van der Waals surface area contributed by atoms with Gasteiger partial charge in [0.05, 0.1) is 7.11 Å². The lowest BCUT2D eigenvalue weighted by Crippen LogP contribution is -2.55. The van der Waals surface area contributed by atoms with Gasteiger partial charge < -0.3 is 15.0 Å². The number of carbonyl (C=O) groups excluding carboxylic acids is 2. The van der Waals surface area contributed by atoms with E-state index < -0.39 is 23.5 Å². The van der Waals surface area contributed by atoms with Crippen LogP contribution in [0.15, 0.2) is 12.1 Å². The van der Waals surface area contributed by atoms with Crippen molar-refractivity contribution in [1.29, 1.82) is 0 Å². The maximum absolute atomic E-state index is 13.1. The Hall–Kier alpha value is -2.92. The molecule has 9 nitrogen and oxygen atoms in total. The number of carbonyl (C=O) groups is 2. The average Bonchev–Trinajstić information content (AvgIpc) is 3.17. The van der Waals surface area contributed by atoms with Gasteiger partial charge in [0.2, 0.25) is 5.91 Å². The van der Waals surface area contributed by atoms with Gasteiger partial charge in [0.25, 0.3) is 5.82 Å². The first kappa shape index (κ1) is 22.8. The summed E-state index contributed by atoms with van der Waals surface area (Å²) in [5.74, 6) is -1.88. The summed E-state index contributed by atoms with van der Waals surface area (Å²) in [5.41, 5.74) is -1.09. The predicted molar refractivity (Wildman–Crippen MR) is 104 cm³/mol. The summed E-state index contributed by atoms with van der Waals surface area (Å²) in [5, 5.41) is 13.5. The Morgan fingerprint density at radius 1 is 1.23 bits per heavy atom. The third-order valence-corrected chi connectivity index (χ3v) is 5.48. The summed E-state index contributed by atoms with van der Waals surface area (Å²) in [4.78, 5) is 26.7. The van der Waals surface area contributed by atoms with Gasteiger partial charge in [-0.15, -0.1) is 15.3 Å². The van der Waals surface area contributed by atoms with Crippen molar-refractivity contribution in [2.45, 2.75) is 51.2 Å². The van der Waals surface area contributed by atoms with Gasteiger partial charge in [-0.1, -0.05) is 13.3 Å². The number of aromatic nitrogens is 4. The van der Waals surface area contributed by atoms with Gasteiger partial charge in [-0.25, -0.2) is 4.79 Å². The monoisotopic (exact) mass is 442 g/mol. The molecule has 0 radical (unpaired) electrons. The van der Waals surface area contributed by atoms with Crippen molar-refractivity contribution in [3.63, 3.8) is 0 Å². The molecule has 1 saturated heterocycles. The number of fused-ring (bicyclic) bond motifs is 1. The fourth-order valence-corrected chi connectivity index (χ4v) is 3.81. The number of amides is 1. The van der Waals surface area contributed by atoms with Crippen LogP contribution in [0, 0.1) is 5.92 Å². The van der Waals surface area contributed by atoms with Crippen LogP contribution < -0.4 is 10.2 Å². The van der Waals surface area contributed by atoms with Gasteiger partial charge in [0.1, 0.15) is 11.4 Å². The van der Waals surface area contributed by atoms with Crippen LogP contribution in [0.3, 0.4) is 0 Å². The van der Waals surface area contributed by atoms with Crippen LogP contribution in [0.2, 0.25) is 0 Å². The largest absolute Gasteiger partial charge is 0.467 e. The lowest BCUT2D eigenvalue weighted by atomic mass is 9.91. The Kier molecular flexibility index (Phi) is 6.37. The van der Waals surface area contributed by atoms with Crippen LogP contribution in [0.5, 0.6) is 0 Å². The van der Waals surface area contributed by atoms with E-state index in [1.165, 1.54) is 13.2 Å². The number of nitrogens with zero attached hydrogens (tertiary/aromatic N) is 5. The first-order valence-electron chi connectivity index (χ1n) is 10.0. The van der Waals surface area contributed by atoms with E-state index in [9.17, 15) is 22.8 Å². The molecule has 170 valence electrons. The highest BCUT2D eigenvalue weighted by atomic mass is 19.4. The molecule has 2 aromatic rings. The Morgan fingerprint density at radius 2 is 1.90 bits per heavy atom. The van der Waals surface area contributed by atoms with Crippen molar-refractivity contribution in [3.05, 3.63) is 18.0 Å². The molecule has 3 rings (SSSR count). The SMILES string of the molecule is CCCC(C)(NC(=O)C1CCN(c2ccc3nnc(C(F)(F)F)n3n2)CC1)C(=O)OC. The second kappa shape index (κ2) is 8.67. The fraction of sp³-hybridized carbons (Fsp3) is 0.632. The number of alkyl halides is 3. The fourth-order valence-electron chi connectivity index (χ4n) is 3.81. The Morgan fingerprint density at radius 3 is 2.48 bits per heavy atom. The lowest BCUT2D eigenvalue weighted by Gasteiger charge is -2.34. The van der Waals surface area contributed by atoms with E-state index in [1.54, 1.807) is 13.0 Å². The summed E-state index contributed by atoms with van der Waals surface area (Å²) in [7, 11) is 1.28. The third-order valence-electron chi connectivity index (χ3n) is 5.48. The molecule has 12 heteroatoms. The second-order valence-electron chi connectivity index (χ2n) is 7.81. The Labute approximate surface area is 176 Å². The molecular weight excluding hydrogens is 417 g/mol. The highest BCUT2D eigenvalue weighted by Gasteiger charge is 2.39. The number of hydrogen-bond donors (Lipinski definition) is 1. The highest BCUT2D eigenvalue weighted by molar-refractivity contribution is 5.88. The van der Waals surface area contributed by atoms with E-state index in [0.717, 1.165) is 0 Å². The molecule has 2 aromatic heterocycles. The van der Waals surface area contributed by atoms with Gasteiger partial charge in [0, 0.05) is 19.0 Å². The number of piperidine rings is 1. The first-order valence-corrected chi connectivity index (χ1v) is 10.0. The minimum Gasteiger partial charge on any atom is -0.467 e. The summed E-state index contributed by atoms with van der Waals surface area (Å²) in [6, 6.07) is 3.01. The number of hydrogen-bond acceptors (Lipinski definition) is 7. The quantitative estimate of drug-likeness (QED) is 0.685. The van der Waals surface area contributed by atoms with Crippen molar-refractivity contribution in [1.82, 2.24) is 25.1 Å². The summed E-state index contributed by atoms with van der Waals surface area (Å²) in [6.07, 6.45) is -2.57. The molecule has 0 aromatic carbocycles. The average molecular weight is 442 g/mol. The first-order chi connectivity index (χ1) is 14.6. The maximum atomic E-state index is 13.1. The number of methoxy groups -OCH3 is 1. The molecular formula is C19H25F3N6O3. The zero-order valence-electron chi connectivity index (χ0n) is 17.6. The molecule has 0 bridgehead atoms. The molecule has 1 amide bonds. The molecule has 0 spiro atoms. The smallest absolute Gasteiger partial charge is 0.453 e. The van der Waals surface area contributed by atoms with Crippen molar-refractivity contribution in [2.75, 3.05) is 25.1 Å². The van der Waals surface area contributed by atoms with Gasteiger partial charge in [-0.05, 0) is 38.3 Å². The van der Waals surface area contributed by atoms with Crippen LogP contribution in [0.4, 0.5) is 19.0 Å². The zero-order valence-corrected chi connectivity index (χ0v) is 17.6. The molecule has 1 aliphatic heterocycles. The number of ether oxygens (including phenoxy) is 1. The molecule has 1 aliphatic rings. The molecule has 0 aliphatic carbocycles. The van der Waals surface area contributed by atoms with E-state index in [1.807, 2.05) is 11.8 Å². The second-order valence-corrected chi connectivity index (χ2v) is 7.81. The predicted octanol–water partition coefficient (Wildman–Crippen LogP) is 2.21. The molecule has 0 saturated carbocycles. The van der Waals surface area contributed by atoms with E-state index >= 15 is 0 Å². The standard InChI is InChI=1S/C19H25F3N6O3/c1-4-9-18(2,17(30)31-3)23-15(29)12-7-10-27(11-8-12)14-6-5-13-24-25-16(19(20,21)22)28(13)26-14/h5-6,12H,4,7-11H2,1-3H3,(H,23,29). The van der Waals surface area contributed by atoms with Crippen molar-refractivity contribution < 1.29 is 27.5 Å². The lowest BCUT2D eigenvalue weighted by molar-refractivity contribution is -0.151. The van der Waals surface area contributed by atoms with Gasteiger partial charge in [-0.3, -0.25) is 4.79 Å². The van der Waals surface area contributed by atoms with Gasteiger partial charge in [-0.2, -0.15) is 17.7 Å². The number of rotatable bonds is 6. The van der Waals surface area contributed by atoms with Crippen LogP contribution in [-0.2, 0) is 20.5 Å². The summed E-state index contributed by atoms with van der Waals surface area (Å²) in [6.45, 7) is 4.42. The number of esters is 1. The Bertz CT molecular complexity index is 955. The van der Waals surface area contributed by atoms with E-state index in [2.05, 4.69) is 20.6 Å². The van der Waals surface area contributed by atoms with E-state index in [4.69, 9.17) is 4.74 Å². The van der Waals surface area contributed by atoms with Crippen LogP contribution in [0.25, 0.3) is 5.65 Å². The minimum absolute atomic E-state index is 0.00311. The number of anilines is 1. The zero-order chi connectivity index (χ0) is 22.8. The summed E-state index contributed by atoms with van der Waals surface area (Å²) >= 11 is 0. The van der Waals surface area contributed by atoms with E-state index in [0.29, 0.717) is 49.1 Å². The highest BCUT2D eigenvalue weighted by Crippen LogP contribution is 2.29. The molecule has 1 unspecified atom stereocenters. The van der Waals surface area contributed by atoms with Gasteiger partial charge >= 0.3 is 12.1 Å². The van der Waals surface area contributed by atoms with Gasteiger partial charge in [0.15, 0.2) is 5.65 Å². The minimum atomic E-state index is -4.67. The topological polar surface area (TPSA) is 102 Å². The molecule has 1 N–H and O–H groups in total. The number of nitrogens with one attached hydrogen (secondary N) is 1. The van der Waals surface area contributed by atoms with Crippen LogP contribution >= 0.6 is 0 Å². The number of halogens is 3. The van der Waals surface area contributed by atoms with Crippen LogP contribution in [-0.4, -0.2) is 57.4 Å². The third kappa shape index (κ3) is 4.72. The summed E-state index contributed by atoms with van der Waals surface area (Å²) < 4.78 is 44.8. The molecule has 1 atom stereocenters. The van der Waals surface area contributed by atoms with E-state index in [-0.39, 0.29) is 17.5 Å². The van der Waals surface area contributed by atoms with Crippen molar-refractivity contribution in [2.24, 2.45) is 5.92 Å². The molecule has 31 heavy (non-hydrogen) atoms. The molecule has 1 fully saturated rings. The van der Waals surface area contributed by atoms with Crippen molar-refractivity contribution in [3.8, 4) is 0 Å². The Balaban J connectivity index is 1.68. The maximum Gasteiger partial charge on any atom is 0.453 e. The normalized spacial score (nSPS) is 17.4. The van der Waals surface area contributed by atoms with Crippen molar-refractivity contribution >= 4 is 23.3 Å². The van der Waals surface area contributed by atoms with Crippen LogP contribution in [0.1, 0.15) is 45.4 Å². The molecule has 3 heterocycles.